The Balaban J connectivity index is 1.87. The topological polar surface area (TPSA) is 102 Å². The van der Waals surface area contributed by atoms with Crippen LogP contribution in [0.3, 0.4) is 0 Å². The fourth-order valence-corrected chi connectivity index (χ4v) is 7.78. The molecule has 0 aliphatic carbocycles. The molecule has 0 spiro atoms. The largest absolute Gasteiger partial charge is 0.457 e. The van der Waals surface area contributed by atoms with Gasteiger partial charge in [-0.3, -0.25) is 9.00 Å². The molecule has 1 amide bonds. The Morgan fingerprint density at radius 1 is 1.08 bits per heavy atom. The van der Waals surface area contributed by atoms with Gasteiger partial charge in [0.05, 0.1) is 9.64 Å². The van der Waals surface area contributed by atoms with Crippen molar-refractivity contribution in [3.8, 4) is 11.5 Å². The third-order valence-electron chi connectivity index (χ3n) is 6.97. The van der Waals surface area contributed by atoms with Gasteiger partial charge in [0.2, 0.25) is 18.3 Å². The quantitative estimate of drug-likeness (QED) is 0.333. The van der Waals surface area contributed by atoms with Crippen LogP contribution < -0.4 is 10.2 Å². The molecular formula is C25H35BrN2O6S2Si. The molecule has 1 saturated heterocycles. The minimum absolute atomic E-state index is 0.0160. The van der Waals surface area contributed by atoms with E-state index in [1.165, 1.54) is 12.1 Å². The van der Waals surface area contributed by atoms with Crippen molar-refractivity contribution in [1.82, 2.24) is 9.79 Å². The number of sulfonamides is 1. The monoisotopic (exact) mass is 630 g/mol. The molecule has 0 unspecified atom stereocenters. The van der Waals surface area contributed by atoms with Gasteiger partial charge in [-0.1, -0.05) is 36.7 Å². The molecule has 204 valence electrons. The molecule has 2 atom stereocenters. The molecular weight excluding hydrogens is 596 g/mol. The summed E-state index contributed by atoms with van der Waals surface area (Å²) in [6, 6.07) is 12.1. The molecule has 1 aliphatic rings. The van der Waals surface area contributed by atoms with Gasteiger partial charge >= 0.3 is 0 Å². The number of hydrogen-bond acceptors (Lipinski definition) is 6. The summed E-state index contributed by atoms with van der Waals surface area (Å²) in [6.45, 7) is 13.3. The van der Waals surface area contributed by atoms with Crippen molar-refractivity contribution in [1.29, 1.82) is 0 Å². The number of amides is 1. The molecule has 0 saturated carbocycles. The van der Waals surface area contributed by atoms with Crippen molar-refractivity contribution < 1.29 is 26.7 Å². The molecule has 2 aromatic rings. The van der Waals surface area contributed by atoms with Crippen LogP contribution in [0.2, 0.25) is 18.1 Å². The van der Waals surface area contributed by atoms with Crippen LogP contribution in [0, 0.1) is 0 Å². The molecule has 37 heavy (non-hydrogen) atoms. The summed E-state index contributed by atoms with van der Waals surface area (Å²) < 4.78 is 53.0. The fraction of sp³-hybridized carbons (Fsp3) is 0.480. The second kappa shape index (κ2) is 10.9. The number of benzene rings is 2. The molecule has 12 heteroatoms. The molecule has 1 fully saturated rings. The molecule has 1 heterocycles. The molecule has 0 radical (unpaired) electrons. The molecule has 1 N–H and O–H groups in total. The summed E-state index contributed by atoms with van der Waals surface area (Å²) in [5, 5.41) is -0.170. The number of carbonyl (C=O) groups excluding carboxylic acids is 1. The van der Waals surface area contributed by atoms with Crippen molar-refractivity contribution >= 4 is 51.0 Å². The summed E-state index contributed by atoms with van der Waals surface area (Å²) in [4.78, 5) is 13.4. The number of hydroxylamine groups is 1. The minimum Gasteiger partial charge on any atom is -0.457 e. The first-order valence-corrected chi connectivity index (χ1v) is 18.3. The zero-order valence-corrected chi connectivity index (χ0v) is 26.4. The summed E-state index contributed by atoms with van der Waals surface area (Å²) >= 11 is 3.37. The van der Waals surface area contributed by atoms with E-state index in [9.17, 15) is 17.4 Å². The summed E-state index contributed by atoms with van der Waals surface area (Å²) in [5.41, 5.74) is 2.53. The Labute approximate surface area is 231 Å². The van der Waals surface area contributed by atoms with E-state index >= 15 is 0 Å². The first-order valence-electron chi connectivity index (χ1n) is 11.9. The number of hydrogen-bond donors (Lipinski definition) is 1. The Morgan fingerprint density at radius 2 is 1.59 bits per heavy atom. The predicted octanol–water partition coefficient (Wildman–Crippen LogP) is 5.19. The van der Waals surface area contributed by atoms with E-state index in [1.54, 1.807) is 38.1 Å². The lowest BCUT2D eigenvalue weighted by atomic mass is 10.0. The third-order valence-corrected chi connectivity index (χ3v) is 15.6. The predicted molar refractivity (Wildman–Crippen MR) is 152 cm³/mol. The van der Waals surface area contributed by atoms with Gasteiger partial charge in [-0.25, -0.2) is 13.9 Å². The van der Waals surface area contributed by atoms with Crippen molar-refractivity contribution in [2.45, 2.75) is 68.4 Å². The maximum Gasteiger partial charge on any atom is 0.262 e. The van der Waals surface area contributed by atoms with Gasteiger partial charge in [0, 0.05) is 27.6 Å². The maximum absolute atomic E-state index is 13.7. The lowest BCUT2D eigenvalue weighted by molar-refractivity contribution is -0.133. The van der Waals surface area contributed by atoms with E-state index in [2.05, 4.69) is 21.4 Å². The van der Waals surface area contributed by atoms with Crippen molar-refractivity contribution in [2.75, 3.05) is 12.3 Å². The summed E-state index contributed by atoms with van der Waals surface area (Å²) in [7, 11) is -7.87. The zero-order chi connectivity index (χ0) is 27.8. The van der Waals surface area contributed by atoms with Gasteiger partial charge in [0.25, 0.3) is 5.91 Å². The Kier molecular flexibility index (Phi) is 8.82. The van der Waals surface area contributed by atoms with Gasteiger partial charge in [-0.15, -0.1) is 0 Å². The smallest absolute Gasteiger partial charge is 0.262 e. The lowest BCUT2D eigenvalue weighted by Gasteiger charge is -2.44. The number of carbonyl (C=O) groups is 1. The Morgan fingerprint density at radius 3 is 2.11 bits per heavy atom. The number of nitrogens with one attached hydrogen (secondary N) is 1. The first-order chi connectivity index (χ1) is 17.0. The standard InChI is InChI=1S/C25H35BrN2O6S2Si/c1-24(2,3)37(6,7)34-27-23(29)22-25(4,5)35(30)17-16-28(22)36(31,32)21-14-12-20(13-15-21)33-19-10-8-18(26)9-11-19/h8-15,22H,16-17H2,1-7H3,(H,27,29)/t22-,35+/m0/s1. The van der Waals surface area contributed by atoms with Crippen LogP contribution in [-0.4, -0.2) is 54.2 Å². The second-order valence-corrected chi connectivity index (χ2v) is 20.7. The first kappa shape index (κ1) is 30.0. The van der Waals surface area contributed by atoms with E-state index in [1.807, 2.05) is 46.0 Å². The molecule has 3 rings (SSSR count). The highest BCUT2D eigenvalue weighted by atomic mass is 79.9. The third kappa shape index (κ3) is 6.54. The SMILES string of the molecule is CC1(C)[C@H](C(=O)NO[Si](C)(C)C(C)(C)C)N(S(=O)(=O)c2ccc(Oc3ccc(Br)cc3)cc2)CC[S@]1=O. The van der Waals surface area contributed by atoms with Crippen LogP contribution >= 0.6 is 15.9 Å². The van der Waals surface area contributed by atoms with Gasteiger partial charge in [-0.05, 0) is 80.5 Å². The maximum atomic E-state index is 13.7. The number of halogens is 1. The number of nitrogens with zero attached hydrogens (tertiary/aromatic N) is 1. The van der Waals surface area contributed by atoms with Gasteiger partial charge in [0.15, 0.2) is 0 Å². The van der Waals surface area contributed by atoms with E-state index < -0.39 is 45.8 Å². The van der Waals surface area contributed by atoms with Crippen molar-refractivity contribution in [3.05, 3.63) is 53.0 Å². The minimum atomic E-state index is -4.10. The average molecular weight is 632 g/mol. The fourth-order valence-electron chi connectivity index (χ4n) is 3.58. The van der Waals surface area contributed by atoms with Crippen molar-refractivity contribution in [2.24, 2.45) is 0 Å². The summed E-state index contributed by atoms with van der Waals surface area (Å²) in [5.74, 6) is 0.585. The molecule has 2 aromatic carbocycles. The molecule has 1 aliphatic heterocycles. The van der Waals surface area contributed by atoms with Crippen LogP contribution in [0.4, 0.5) is 0 Å². The summed E-state index contributed by atoms with van der Waals surface area (Å²) in [6.07, 6.45) is 0. The van der Waals surface area contributed by atoms with Crippen LogP contribution in [-0.2, 0) is 30.1 Å². The van der Waals surface area contributed by atoms with Crippen LogP contribution in [0.15, 0.2) is 57.9 Å². The van der Waals surface area contributed by atoms with E-state index in [4.69, 9.17) is 9.26 Å². The van der Waals surface area contributed by atoms with Gasteiger partial charge in [0.1, 0.15) is 17.5 Å². The number of rotatable bonds is 7. The highest BCUT2D eigenvalue weighted by molar-refractivity contribution is 9.10. The Bertz CT molecular complexity index is 1260. The average Bonchev–Trinajstić information content (AvgIpc) is 2.80. The van der Waals surface area contributed by atoms with Crippen LogP contribution in [0.25, 0.3) is 0 Å². The normalized spacial score (nSPS) is 20.9. The highest BCUT2D eigenvalue weighted by Crippen LogP contribution is 2.37. The van der Waals surface area contributed by atoms with Crippen LogP contribution in [0.5, 0.6) is 11.5 Å². The highest BCUT2D eigenvalue weighted by Gasteiger charge is 2.52. The Hall–Kier alpha value is -1.57. The molecule has 0 aromatic heterocycles. The molecule has 0 bridgehead atoms. The lowest BCUT2D eigenvalue weighted by Crippen LogP contribution is -2.65. The van der Waals surface area contributed by atoms with E-state index in [0.29, 0.717) is 11.5 Å². The van der Waals surface area contributed by atoms with E-state index in [0.717, 1.165) is 8.78 Å². The van der Waals surface area contributed by atoms with Gasteiger partial charge < -0.3 is 9.26 Å². The zero-order valence-electron chi connectivity index (χ0n) is 22.2. The van der Waals surface area contributed by atoms with Crippen LogP contribution in [0.1, 0.15) is 34.6 Å². The number of ether oxygens (including phenoxy) is 1. The molecule has 8 nitrogen and oxygen atoms in total. The van der Waals surface area contributed by atoms with Crippen molar-refractivity contribution in [3.63, 3.8) is 0 Å². The second-order valence-electron chi connectivity index (χ2n) is 11.0. The van der Waals surface area contributed by atoms with E-state index in [-0.39, 0.29) is 22.2 Å². The van der Waals surface area contributed by atoms with Gasteiger partial charge in [-0.2, -0.15) is 4.31 Å².